The Morgan fingerprint density at radius 1 is 0.569 bits per heavy atom. The molecule has 0 radical (unpaired) electrons. The van der Waals surface area contributed by atoms with Crippen molar-refractivity contribution < 1.29 is 25.8 Å². The molecule has 300 valence electrons. The Morgan fingerprint density at radius 2 is 1.24 bits per heavy atom. The van der Waals surface area contributed by atoms with Crippen LogP contribution in [0.1, 0.15) is 92.9 Å². The molecule has 0 bridgehead atoms. The Morgan fingerprint density at radius 3 is 1.95 bits per heavy atom. The third kappa shape index (κ3) is 7.86. The van der Waals surface area contributed by atoms with Gasteiger partial charge in [-0.25, -0.2) is 4.98 Å². The van der Waals surface area contributed by atoms with E-state index >= 15 is 0 Å². The van der Waals surface area contributed by atoms with Crippen LogP contribution in [0.15, 0.2) is 127 Å². The number of nitrogens with zero attached hydrogens (tertiary/aromatic N) is 4. The molecular weight excluding hydrogens is 892 g/mol. The fourth-order valence-corrected chi connectivity index (χ4v) is 7.59. The summed E-state index contributed by atoms with van der Waals surface area (Å²) in [6.07, 6.45) is 1.90. The molecule has 3 heterocycles. The van der Waals surface area contributed by atoms with Crippen molar-refractivity contribution in [2.24, 2.45) is 0 Å². The molecule has 0 atom stereocenters. The normalized spacial score (nSPS) is 13.8. The van der Waals surface area contributed by atoms with Crippen LogP contribution in [0.5, 0.6) is 11.5 Å². The summed E-state index contributed by atoms with van der Waals surface area (Å²) >= 11 is 0. The predicted octanol–water partition coefficient (Wildman–Crippen LogP) is 13.8. The zero-order valence-electron chi connectivity index (χ0n) is 35.6. The molecule has 0 spiro atoms. The molecule has 0 N–H and O–H groups in total. The Labute approximate surface area is 359 Å². The van der Waals surface area contributed by atoms with E-state index in [2.05, 4.69) is 200 Å². The Balaban J connectivity index is 0.00000512. The molecule has 58 heavy (non-hydrogen) atoms. The van der Waals surface area contributed by atoms with E-state index < -0.39 is 0 Å². The smallest absolute Gasteiger partial charge is 0.135 e. The van der Waals surface area contributed by atoms with Crippen molar-refractivity contribution in [1.29, 1.82) is 0 Å². The van der Waals surface area contributed by atoms with Gasteiger partial charge < -0.3 is 19.1 Å². The van der Waals surface area contributed by atoms with Crippen molar-refractivity contribution in [3.8, 4) is 28.4 Å². The summed E-state index contributed by atoms with van der Waals surface area (Å²) in [5.74, 6) is 2.09. The Kier molecular flexibility index (Phi) is 10.8. The summed E-state index contributed by atoms with van der Waals surface area (Å²) < 4.78 is 8.75. The van der Waals surface area contributed by atoms with Gasteiger partial charge in [0.25, 0.3) is 0 Å². The molecule has 0 saturated carbocycles. The minimum absolute atomic E-state index is 0. The van der Waals surface area contributed by atoms with Crippen LogP contribution in [0.3, 0.4) is 0 Å². The number of hydrogen-bond acceptors (Lipinski definition) is 4. The Hall–Kier alpha value is -5.12. The van der Waals surface area contributed by atoms with E-state index in [0.29, 0.717) is 11.5 Å². The monoisotopic (exact) mass is 944 g/mol. The molecule has 2 aromatic heterocycles. The number of hydrogen-bond donors (Lipinski definition) is 0. The molecule has 6 heteroatoms. The van der Waals surface area contributed by atoms with Gasteiger partial charge in [-0.2, -0.15) is 12.1 Å². The van der Waals surface area contributed by atoms with Crippen LogP contribution >= 0.6 is 0 Å². The van der Waals surface area contributed by atoms with Gasteiger partial charge in [-0.1, -0.05) is 116 Å². The maximum Gasteiger partial charge on any atom is 0.135 e. The standard InChI is InChI=1S/C52H53N4O.Pt/c1-34-35(2)55(42-28-37(27-40(29-42)52(9,10)11)36-19-21-38(22-20-36)50(3,4)5)33-54(34)41-15-14-16-43(31-41)57-44-23-24-46-45-17-12-13-18-47(45)56(48(46)32-44)49-30-39(25-26-53-49)51(6,7)8;/h12-30,33H,1-11H3;/q-3;. The third-order valence-corrected chi connectivity index (χ3v) is 11.3. The van der Waals surface area contributed by atoms with Crippen LogP contribution in [0.2, 0.25) is 0 Å². The van der Waals surface area contributed by atoms with Gasteiger partial charge >= 0.3 is 0 Å². The van der Waals surface area contributed by atoms with E-state index in [1.165, 1.54) is 27.8 Å². The number of allylic oxidation sites excluding steroid dienone is 2. The number of anilines is 2. The first kappa shape index (κ1) is 41.1. The van der Waals surface area contributed by atoms with E-state index in [0.717, 1.165) is 50.4 Å². The van der Waals surface area contributed by atoms with E-state index in [4.69, 9.17) is 9.72 Å². The van der Waals surface area contributed by atoms with Crippen molar-refractivity contribution in [2.75, 3.05) is 9.80 Å². The van der Waals surface area contributed by atoms with Gasteiger partial charge in [0.05, 0.1) is 0 Å². The zero-order valence-corrected chi connectivity index (χ0v) is 37.8. The van der Waals surface area contributed by atoms with E-state index in [-0.39, 0.29) is 37.3 Å². The SMILES string of the molecule is CC1=C(C)N(c2cc(-c3ccc(C(C)(C)C)cc3)cc(C(C)(C)C)c2)[CH-]N1c1[c-]c(Oc2[c-]c3c(cc2)c2ccccc2n3-c2cc(C(C)(C)C)ccn2)ccc1.[Pt]. The van der Waals surface area contributed by atoms with Crippen molar-refractivity contribution in [3.63, 3.8) is 0 Å². The van der Waals surface area contributed by atoms with Crippen LogP contribution in [0.25, 0.3) is 38.8 Å². The van der Waals surface area contributed by atoms with Crippen LogP contribution in [-0.4, -0.2) is 9.55 Å². The molecule has 5 aromatic carbocycles. The molecule has 5 nitrogen and oxygen atoms in total. The van der Waals surface area contributed by atoms with Crippen LogP contribution in [0.4, 0.5) is 11.4 Å². The number of pyridine rings is 1. The maximum atomic E-state index is 6.56. The first-order valence-corrected chi connectivity index (χ1v) is 20.0. The number of rotatable bonds is 6. The summed E-state index contributed by atoms with van der Waals surface area (Å²) in [4.78, 5) is 9.32. The number of benzene rings is 5. The molecule has 0 amide bonds. The average molecular weight is 945 g/mol. The van der Waals surface area contributed by atoms with Crippen LogP contribution < -0.4 is 14.5 Å². The topological polar surface area (TPSA) is 33.5 Å². The summed E-state index contributed by atoms with van der Waals surface area (Å²) in [7, 11) is 0. The summed E-state index contributed by atoms with van der Waals surface area (Å²) in [5, 5.41) is 2.25. The second kappa shape index (κ2) is 15.2. The summed E-state index contributed by atoms with van der Waals surface area (Å²) in [5.41, 5.74) is 12.7. The molecule has 1 aliphatic heterocycles. The molecule has 0 fully saturated rings. The summed E-state index contributed by atoms with van der Waals surface area (Å²) in [6.45, 7) is 26.8. The maximum absolute atomic E-state index is 6.56. The molecule has 7 aromatic rings. The van der Waals surface area contributed by atoms with Crippen molar-refractivity contribution in [1.82, 2.24) is 9.55 Å². The van der Waals surface area contributed by atoms with Gasteiger partial charge in [-0.15, -0.1) is 48.1 Å². The fraction of sp³-hybridized carbons (Fsp3) is 0.269. The molecule has 0 aliphatic carbocycles. The van der Waals surface area contributed by atoms with Crippen molar-refractivity contribution in [3.05, 3.63) is 162 Å². The summed E-state index contributed by atoms with van der Waals surface area (Å²) in [6, 6.07) is 46.1. The largest absolute Gasteiger partial charge is 0.509 e. The second-order valence-electron chi connectivity index (χ2n) is 18.5. The van der Waals surface area contributed by atoms with E-state index in [9.17, 15) is 0 Å². The van der Waals surface area contributed by atoms with Gasteiger partial charge in [-0.05, 0) is 93.6 Å². The van der Waals surface area contributed by atoms with Gasteiger partial charge in [0.15, 0.2) is 0 Å². The minimum Gasteiger partial charge on any atom is -0.509 e. The van der Waals surface area contributed by atoms with Gasteiger partial charge in [0, 0.05) is 61.4 Å². The average Bonchev–Trinajstić information content (AvgIpc) is 3.66. The number of aromatic nitrogens is 2. The number of ether oxygens (including phenoxy) is 1. The zero-order chi connectivity index (χ0) is 40.4. The molecule has 8 rings (SSSR count). The predicted molar refractivity (Wildman–Crippen MR) is 238 cm³/mol. The molecular formula is C52H53N4OPt-3. The minimum atomic E-state index is -0.0248. The fourth-order valence-electron chi connectivity index (χ4n) is 7.59. The molecule has 0 saturated heterocycles. The van der Waals surface area contributed by atoms with Crippen LogP contribution in [0, 0.1) is 18.8 Å². The Bertz CT molecular complexity index is 2670. The quantitative estimate of drug-likeness (QED) is 0.156. The van der Waals surface area contributed by atoms with E-state index in [1.54, 1.807) is 0 Å². The number of para-hydroxylation sites is 1. The van der Waals surface area contributed by atoms with Crippen molar-refractivity contribution >= 4 is 33.2 Å². The first-order chi connectivity index (χ1) is 27.0. The number of fused-ring (bicyclic) bond motifs is 3. The first-order valence-electron chi connectivity index (χ1n) is 20.0. The van der Waals surface area contributed by atoms with Gasteiger partial charge in [0.1, 0.15) is 5.82 Å². The van der Waals surface area contributed by atoms with Crippen molar-refractivity contribution in [2.45, 2.75) is 92.4 Å². The van der Waals surface area contributed by atoms with Gasteiger partial charge in [0.2, 0.25) is 0 Å². The third-order valence-electron chi connectivity index (χ3n) is 11.3. The molecule has 1 aliphatic rings. The van der Waals surface area contributed by atoms with Gasteiger partial charge in [-0.3, -0.25) is 0 Å². The molecule has 0 unspecified atom stereocenters. The van der Waals surface area contributed by atoms with E-state index in [1.807, 2.05) is 24.4 Å². The second-order valence-corrected chi connectivity index (χ2v) is 18.5. The van der Waals surface area contributed by atoms with Crippen LogP contribution in [-0.2, 0) is 37.3 Å².